The summed E-state index contributed by atoms with van der Waals surface area (Å²) in [6.45, 7) is 14.3. The Bertz CT molecular complexity index is 5850. The second-order valence-corrected chi connectivity index (χ2v) is 28.0. The summed E-state index contributed by atoms with van der Waals surface area (Å²) in [6, 6.07) is 99.5. The van der Waals surface area contributed by atoms with Gasteiger partial charge in [0.1, 0.15) is 0 Å². The highest BCUT2D eigenvalue weighted by molar-refractivity contribution is 6.11. The summed E-state index contributed by atoms with van der Waals surface area (Å²) < 4.78 is 4.97. The molecule has 1 unspecified atom stereocenters. The smallest absolute Gasteiger partial charge is 0.0541 e. The van der Waals surface area contributed by atoms with E-state index in [2.05, 4.69) is 324 Å². The molecule has 0 saturated heterocycles. The third-order valence-electron chi connectivity index (χ3n) is 22.0. The lowest BCUT2D eigenvalue weighted by Gasteiger charge is -2.23. The number of benzene rings is 13. The second-order valence-electron chi connectivity index (χ2n) is 28.0. The van der Waals surface area contributed by atoms with E-state index in [9.17, 15) is 0 Å². The molecule has 0 bridgehead atoms. The van der Waals surface area contributed by atoms with Crippen LogP contribution in [0, 0.1) is 0 Å². The first-order valence-corrected chi connectivity index (χ1v) is 32.6. The van der Waals surface area contributed by atoms with Crippen molar-refractivity contribution >= 4 is 66.4 Å². The van der Waals surface area contributed by atoms with Gasteiger partial charge < -0.3 is 9.13 Å². The first-order valence-electron chi connectivity index (χ1n) is 32.6. The Morgan fingerprint density at radius 2 is 0.692 bits per heavy atom. The SMILES string of the molecule is CC1(C)c2cc(-c3ccc4cc(-c5ccc6c(c5)c5ccccc5n6-c5ccc6c(c5)C(C)(C)c5ccccc5-6)ccc4c3)ccc2-c2ccc(-c3ccc4cc(C5C=c6c(n(-c7ccc8c(c7)C(C)(C)c7ccccc7-8)c7ccccc67)=CC5)ccc4c3)cc21. The predicted molar refractivity (Wildman–Crippen MR) is 384 cm³/mol. The van der Waals surface area contributed by atoms with E-state index in [1.807, 2.05) is 0 Å². The highest BCUT2D eigenvalue weighted by Crippen LogP contribution is 2.53. The van der Waals surface area contributed by atoms with Crippen LogP contribution in [-0.2, 0) is 16.2 Å². The Balaban J connectivity index is 0.585. The van der Waals surface area contributed by atoms with Crippen molar-refractivity contribution in [2.45, 2.75) is 70.1 Å². The minimum atomic E-state index is -0.170. The fourth-order valence-electron chi connectivity index (χ4n) is 17.1. The van der Waals surface area contributed by atoms with Crippen molar-refractivity contribution in [3.63, 3.8) is 0 Å². The summed E-state index contributed by atoms with van der Waals surface area (Å²) in [7, 11) is 0. The van der Waals surface area contributed by atoms with E-state index >= 15 is 0 Å². The van der Waals surface area contributed by atoms with Gasteiger partial charge in [-0.1, -0.05) is 236 Å². The van der Waals surface area contributed by atoms with Gasteiger partial charge in [-0.15, -0.1) is 0 Å². The Kier molecular flexibility index (Phi) is 10.8. The minimum absolute atomic E-state index is 0.0574. The molecule has 0 aliphatic heterocycles. The summed E-state index contributed by atoms with van der Waals surface area (Å²) in [6.07, 6.45) is 5.98. The monoisotopic (exact) mass is 1160 g/mol. The summed E-state index contributed by atoms with van der Waals surface area (Å²) in [5, 5.41) is 11.5. The van der Waals surface area contributed by atoms with Gasteiger partial charge in [0.15, 0.2) is 0 Å². The van der Waals surface area contributed by atoms with Crippen LogP contribution < -0.4 is 10.6 Å². The molecule has 0 amide bonds. The van der Waals surface area contributed by atoms with Crippen LogP contribution in [0.1, 0.15) is 92.8 Å². The number of hydrogen-bond donors (Lipinski definition) is 0. The molecule has 432 valence electrons. The van der Waals surface area contributed by atoms with Crippen molar-refractivity contribution in [3.8, 4) is 78.1 Å². The van der Waals surface area contributed by atoms with Gasteiger partial charge in [0.05, 0.1) is 16.6 Å². The molecule has 2 aromatic heterocycles. The number of para-hydroxylation sites is 2. The second kappa shape index (κ2) is 18.8. The Labute approximate surface area is 531 Å². The van der Waals surface area contributed by atoms with Crippen molar-refractivity contribution in [3.05, 3.63) is 310 Å². The summed E-state index contributed by atoms with van der Waals surface area (Å²) in [4.78, 5) is 0. The highest BCUT2D eigenvalue weighted by Gasteiger charge is 2.39. The van der Waals surface area contributed by atoms with Crippen molar-refractivity contribution in [2.75, 3.05) is 0 Å². The van der Waals surface area contributed by atoms with Gasteiger partial charge in [0.2, 0.25) is 0 Å². The third-order valence-corrected chi connectivity index (χ3v) is 22.0. The van der Waals surface area contributed by atoms with Gasteiger partial charge in [-0.05, 0) is 213 Å². The van der Waals surface area contributed by atoms with Crippen LogP contribution in [0.15, 0.2) is 261 Å². The van der Waals surface area contributed by atoms with Crippen LogP contribution in [0.3, 0.4) is 0 Å². The van der Waals surface area contributed by atoms with E-state index in [4.69, 9.17) is 0 Å². The maximum absolute atomic E-state index is 2.54. The van der Waals surface area contributed by atoms with Crippen LogP contribution in [0.25, 0.3) is 145 Å². The Morgan fingerprint density at radius 3 is 1.27 bits per heavy atom. The van der Waals surface area contributed by atoms with Gasteiger partial charge in [-0.2, -0.15) is 0 Å². The molecule has 0 radical (unpaired) electrons. The largest absolute Gasteiger partial charge is 0.310 e. The van der Waals surface area contributed by atoms with Crippen LogP contribution in [0.2, 0.25) is 0 Å². The number of hydrogen-bond acceptors (Lipinski definition) is 0. The molecule has 0 N–H and O–H groups in total. The van der Waals surface area contributed by atoms with Gasteiger partial charge in [0, 0.05) is 60.3 Å². The first-order chi connectivity index (χ1) is 44.3. The summed E-state index contributed by atoms with van der Waals surface area (Å²) in [5.41, 5.74) is 31.1. The standard InChI is InChI=1S/C89H66N2/c1-87(2)77-19-11-7-15-67(77)71-39-35-65(51-81(71)87)90-83-21-13-9-17-73(83)75-47-61(33-41-85(75)90)57-27-23-55-45-59(29-25-53(55)43-57)63-31-37-69-70-38-32-64(50-80(70)89(5,6)79(69)49-63)60-30-26-54-44-58(28-24-56(54)46-60)62-34-42-86-76(48-62)74-18-10-14-22-84(74)91(86)66-36-40-72-68-16-8-12-20-78(68)88(3,4)82(72)52-66/h7-33,35-52,62H,34H2,1-6H3. The summed E-state index contributed by atoms with van der Waals surface area (Å²) >= 11 is 0. The highest BCUT2D eigenvalue weighted by atomic mass is 15.0. The van der Waals surface area contributed by atoms with Gasteiger partial charge >= 0.3 is 0 Å². The Hall–Kier alpha value is -10.5. The van der Waals surface area contributed by atoms with Crippen LogP contribution in [0.4, 0.5) is 0 Å². The average Bonchev–Trinajstić information content (AvgIpc) is 1.60. The maximum atomic E-state index is 2.54. The van der Waals surface area contributed by atoms with E-state index in [1.54, 1.807) is 0 Å². The predicted octanol–water partition coefficient (Wildman–Crippen LogP) is 21.7. The minimum Gasteiger partial charge on any atom is -0.310 e. The van der Waals surface area contributed by atoms with E-state index in [0.717, 1.165) is 6.42 Å². The molecule has 15 aromatic rings. The van der Waals surface area contributed by atoms with E-state index in [-0.39, 0.29) is 22.2 Å². The molecule has 4 aliphatic rings. The summed E-state index contributed by atoms with van der Waals surface area (Å²) in [5.74, 6) is 0.282. The molecule has 13 aromatic carbocycles. The van der Waals surface area contributed by atoms with Crippen molar-refractivity contribution < 1.29 is 0 Å². The van der Waals surface area contributed by atoms with Crippen LogP contribution >= 0.6 is 0 Å². The van der Waals surface area contributed by atoms with Crippen LogP contribution in [0.5, 0.6) is 0 Å². The molecule has 2 heterocycles. The van der Waals surface area contributed by atoms with Gasteiger partial charge in [0.25, 0.3) is 0 Å². The zero-order valence-corrected chi connectivity index (χ0v) is 52.2. The number of fused-ring (bicyclic) bond motifs is 17. The molecule has 91 heavy (non-hydrogen) atoms. The van der Waals surface area contributed by atoms with Crippen molar-refractivity contribution in [2.24, 2.45) is 0 Å². The number of nitrogens with zero attached hydrogens (tertiary/aromatic N) is 2. The lowest BCUT2D eigenvalue weighted by atomic mass is 9.80. The van der Waals surface area contributed by atoms with E-state index in [0.29, 0.717) is 0 Å². The average molecular weight is 1160 g/mol. The first kappa shape index (κ1) is 52.4. The molecule has 2 nitrogen and oxygen atoms in total. The molecule has 0 fully saturated rings. The van der Waals surface area contributed by atoms with Crippen molar-refractivity contribution in [1.29, 1.82) is 0 Å². The normalized spacial score (nSPS) is 15.9. The molecular weight excluding hydrogens is 1100 g/mol. The molecule has 19 rings (SSSR count). The fourth-order valence-corrected chi connectivity index (χ4v) is 17.1. The zero-order chi connectivity index (χ0) is 60.8. The topological polar surface area (TPSA) is 9.86 Å². The molecule has 0 saturated carbocycles. The lowest BCUT2D eigenvalue weighted by Crippen LogP contribution is -2.32. The van der Waals surface area contributed by atoms with E-state index in [1.165, 1.54) is 182 Å². The van der Waals surface area contributed by atoms with Gasteiger partial charge in [-0.3, -0.25) is 0 Å². The van der Waals surface area contributed by atoms with Crippen molar-refractivity contribution in [1.82, 2.24) is 9.13 Å². The molecule has 0 spiro atoms. The Morgan fingerprint density at radius 1 is 0.297 bits per heavy atom. The zero-order valence-electron chi connectivity index (χ0n) is 52.2. The fraction of sp³-hybridized carbons (Fsp3) is 0.124. The van der Waals surface area contributed by atoms with Gasteiger partial charge in [-0.25, -0.2) is 0 Å². The third kappa shape index (κ3) is 7.54. The maximum Gasteiger partial charge on any atom is 0.0541 e. The molecule has 4 aliphatic carbocycles. The number of aromatic nitrogens is 2. The van der Waals surface area contributed by atoms with Crippen LogP contribution in [-0.4, -0.2) is 9.13 Å². The lowest BCUT2D eigenvalue weighted by molar-refractivity contribution is 0.659. The quantitative estimate of drug-likeness (QED) is 0.157. The molecular formula is C89H66N2. The number of rotatable bonds is 6. The molecule has 2 heteroatoms. The molecule has 1 atom stereocenters. The van der Waals surface area contributed by atoms with E-state index < -0.39 is 0 Å².